The van der Waals surface area contributed by atoms with Crippen molar-refractivity contribution in [3.63, 3.8) is 0 Å². The number of halogens is 1. The van der Waals surface area contributed by atoms with Crippen LogP contribution in [0.25, 0.3) is 0 Å². The minimum atomic E-state index is -3.93. The average Bonchev–Trinajstić information content (AvgIpc) is 2.61. The van der Waals surface area contributed by atoms with Gasteiger partial charge in [-0.05, 0) is 36.8 Å². The minimum absolute atomic E-state index is 0.0317. The lowest BCUT2D eigenvalue weighted by atomic mass is 10.0. The number of ketones is 1. The van der Waals surface area contributed by atoms with Crippen molar-refractivity contribution in [2.45, 2.75) is 17.9 Å². The van der Waals surface area contributed by atoms with E-state index in [2.05, 4.69) is 5.32 Å². The molecule has 1 aliphatic rings. The Kier molecular flexibility index (Phi) is 5.13. The Balaban J connectivity index is 2.03. The topological polar surface area (TPSA) is 83.6 Å². The van der Waals surface area contributed by atoms with E-state index in [0.717, 1.165) is 0 Å². The van der Waals surface area contributed by atoms with Gasteiger partial charge in [0.15, 0.2) is 5.78 Å². The van der Waals surface area contributed by atoms with Crippen molar-refractivity contribution in [2.75, 3.05) is 13.1 Å². The molecule has 2 aromatic carbocycles. The van der Waals surface area contributed by atoms with Crippen LogP contribution < -0.4 is 5.32 Å². The molecule has 1 aliphatic heterocycles. The van der Waals surface area contributed by atoms with Gasteiger partial charge >= 0.3 is 0 Å². The highest BCUT2D eigenvalue weighted by atomic mass is 35.5. The lowest BCUT2D eigenvalue weighted by Gasteiger charge is -2.34. The summed E-state index contributed by atoms with van der Waals surface area (Å²) in [5, 5.41) is 3.12. The van der Waals surface area contributed by atoms with Gasteiger partial charge in [-0.3, -0.25) is 9.59 Å². The maximum Gasteiger partial charge on any atom is 0.244 e. The molecule has 1 fully saturated rings. The van der Waals surface area contributed by atoms with Crippen LogP contribution in [0.2, 0.25) is 5.02 Å². The van der Waals surface area contributed by atoms with E-state index in [-0.39, 0.29) is 23.8 Å². The molecule has 136 valence electrons. The summed E-state index contributed by atoms with van der Waals surface area (Å²) in [5.41, 5.74) is 0.922. The predicted octanol–water partition coefficient (Wildman–Crippen LogP) is 2.40. The smallest absolute Gasteiger partial charge is 0.244 e. The monoisotopic (exact) mass is 392 g/mol. The summed E-state index contributed by atoms with van der Waals surface area (Å²) in [6, 6.07) is 11.3. The normalized spacial score (nSPS) is 18.4. The van der Waals surface area contributed by atoms with E-state index in [1.54, 1.807) is 24.3 Å². The zero-order valence-corrected chi connectivity index (χ0v) is 15.5. The molecule has 3 rings (SSSR count). The summed E-state index contributed by atoms with van der Waals surface area (Å²) in [6.07, 6.45) is 0. The number of piperazine rings is 1. The molecule has 1 N–H and O–H groups in total. The number of nitrogens with one attached hydrogen (secondary N) is 1. The number of rotatable bonds is 4. The fourth-order valence-corrected chi connectivity index (χ4v) is 4.67. The zero-order valence-electron chi connectivity index (χ0n) is 14.0. The first kappa shape index (κ1) is 18.6. The third-order valence-electron chi connectivity index (χ3n) is 4.20. The van der Waals surface area contributed by atoms with Gasteiger partial charge in [-0.1, -0.05) is 35.9 Å². The zero-order chi connectivity index (χ0) is 18.9. The number of amides is 1. The van der Waals surface area contributed by atoms with Crippen LogP contribution in [-0.2, 0) is 14.8 Å². The standard InChI is InChI=1S/C18H17ClN2O4S/c1-12(22)13-5-7-16(8-6-13)26(24,25)21-10-9-20-18(23)17(21)14-3-2-4-15(19)11-14/h2-8,11,17H,9-10H2,1H3,(H,20,23). The molecular formula is C18H17ClN2O4S. The van der Waals surface area contributed by atoms with Crippen molar-refractivity contribution in [3.05, 3.63) is 64.7 Å². The molecule has 0 bridgehead atoms. The molecule has 0 saturated carbocycles. The molecule has 0 aromatic heterocycles. The van der Waals surface area contributed by atoms with E-state index in [1.165, 1.54) is 35.5 Å². The number of carbonyl (C=O) groups excluding carboxylic acids is 2. The third kappa shape index (κ3) is 3.51. The number of benzene rings is 2. The molecule has 1 atom stereocenters. The Hall–Kier alpha value is -2.22. The molecule has 8 heteroatoms. The summed E-state index contributed by atoms with van der Waals surface area (Å²) in [7, 11) is -3.93. The van der Waals surface area contributed by atoms with Crippen molar-refractivity contribution in [3.8, 4) is 0 Å². The van der Waals surface area contributed by atoms with Crippen molar-refractivity contribution in [1.29, 1.82) is 0 Å². The van der Waals surface area contributed by atoms with Crippen LogP contribution in [0.15, 0.2) is 53.4 Å². The van der Waals surface area contributed by atoms with Crippen molar-refractivity contribution >= 4 is 33.3 Å². The number of sulfonamides is 1. The first-order valence-corrected chi connectivity index (χ1v) is 9.78. The van der Waals surface area contributed by atoms with Crippen LogP contribution in [0, 0.1) is 0 Å². The molecule has 0 aliphatic carbocycles. The third-order valence-corrected chi connectivity index (χ3v) is 6.31. The van der Waals surface area contributed by atoms with E-state index < -0.39 is 22.0 Å². The maximum absolute atomic E-state index is 13.1. The molecule has 0 radical (unpaired) electrons. The van der Waals surface area contributed by atoms with Gasteiger partial charge in [0.05, 0.1) is 4.90 Å². The average molecular weight is 393 g/mol. The van der Waals surface area contributed by atoms with Crippen LogP contribution in [0.5, 0.6) is 0 Å². The summed E-state index contributed by atoms with van der Waals surface area (Å²) >= 11 is 6.01. The van der Waals surface area contributed by atoms with E-state index in [0.29, 0.717) is 16.1 Å². The first-order chi connectivity index (χ1) is 12.3. The SMILES string of the molecule is CC(=O)c1ccc(S(=O)(=O)N2CCNC(=O)C2c2cccc(Cl)c2)cc1. The molecule has 0 spiro atoms. The van der Waals surface area contributed by atoms with Crippen LogP contribution in [0.3, 0.4) is 0 Å². The molecular weight excluding hydrogens is 376 g/mol. The van der Waals surface area contributed by atoms with Crippen LogP contribution in [-0.4, -0.2) is 37.5 Å². The van der Waals surface area contributed by atoms with Gasteiger partial charge in [-0.15, -0.1) is 0 Å². The predicted molar refractivity (Wildman–Crippen MR) is 97.5 cm³/mol. The fourth-order valence-electron chi connectivity index (χ4n) is 2.90. The molecule has 6 nitrogen and oxygen atoms in total. The highest BCUT2D eigenvalue weighted by molar-refractivity contribution is 7.89. The lowest BCUT2D eigenvalue weighted by Crippen LogP contribution is -2.52. The van der Waals surface area contributed by atoms with Gasteiger partial charge in [0.2, 0.25) is 15.9 Å². The van der Waals surface area contributed by atoms with Crippen molar-refractivity contribution in [1.82, 2.24) is 9.62 Å². The summed E-state index contributed by atoms with van der Waals surface area (Å²) < 4.78 is 27.4. The summed E-state index contributed by atoms with van der Waals surface area (Å²) in [5.74, 6) is -0.550. The highest BCUT2D eigenvalue weighted by Crippen LogP contribution is 2.31. The minimum Gasteiger partial charge on any atom is -0.353 e. The molecule has 1 unspecified atom stereocenters. The van der Waals surface area contributed by atoms with E-state index in [1.807, 2.05) is 0 Å². The maximum atomic E-state index is 13.1. The van der Waals surface area contributed by atoms with Crippen LogP contribution >= 0.6 is 11.6 Å². The second kappa shape index (κ2) is 7.19. The summed E-state index contributed by atoms with van der Waals surface area (Å²) in [6.45, 7) is 1.77. The quantitative estimate of drug-likeness (QED) is 0.810. The second-order valence-electron chi connectivity index (χ2n) is 5.94. The molecule has 2 aromatic rings. The fraction of sp³-hybridized carbons (Fsp3) is 0.222. The van der Waals surface area contributed by atoms with E-state index in [9.17, 15) is 18.0 Å². The Labute approximate surface area is 156 Å². The number of carbonyl (C=O) groups is 2. The number of Topliss-reactive ketones (excluding diaryl/α,β-unsaturated/α-hetero) is 1. The van der Waals surface area contributed by atoms with E-state index >= 15 is 0 Å². The van der Waals surface area contributed by atoms with Gasteiger partial charge in [0.25, 0.3) is 0 Å². The number of hydrogen-bond acceptors (Lipinski definition) is 4. The Morgan fingerprint density at radius 1 is 1.19 bits per heavy atom. The highest BCUT2D eigenvalue weighted by Gasteiger charge is 2.39. The van der Waals surface area contributed by atoms with E-state index in [4.69, 9.17) is 11.6 Å². The molecule has 1 amide bonds. The molecule has 1 saturated heterocycles. The Morgan fingerprint density at radius 3 is 2.50 bits per heavy atom. The van der Waals surface area contributed by atoms with Crippen molar-refractivity contribution in [2.24, 2.45) is 0 Å². The van der Waals surface area contributed by atoms with Gasteiger partial charge in [0.1, 0.15) is 6.04 Å². The summed E-state index contributed by atoms with van der Waals surface area (Å²) in [4.78, 5) is 23.9. The second-order valence-corrected chi connectivity index (χ2v) is 8.27. The lowest BCUT2D eigenvalue weighted by molar-refractivity contribution is -0.126. The van der Waals surface area contributed by atoms with Crippen LogP contribution in [0.1, 0.15) is 28.9 Å². The number of hydrogen-bond donors (Lipinski definition) is 1. The van der Waals surface area contributed by atoms with Gasteiger partial charge in [0, 0.05) is 23.7 Å². The largest absolute Gasteiger partial charge is 0.353 e. The molecule has 26 heavy (non-hydrogen) atoms. The van der Waals surface area contributed by atoms with Crippen LogP contribution in [0.4, 0.5) is 0 Å². The Bertz CT molecular complexity index is 957. The number of nitrogens with zero attached hydrogens (tertiary/aromatic N) is 1. The van der Waals surface area contributed by atoms with Gasteiger partial charge in [-0.2, -0.15) is 4.31 Å². The first-order valence-electron chi connectivity index (χ1n) is 7.97. The van der Waals surface area contributed by atoms with Gasteiger partial charge < -0.3 is 5.32 Å². The van der Waals surface area contributed by atoms with Gasteiger partial charge in [-0.25, -0.2) is 8.42 Å². The van der Waals surface area contributed by atoms with Crippen molar-refractivity contribution < 1.29 is 18.0 Å². The Morgan fingerprint density at radius 2 is 1.88 bits per heavy atom. The molecule has 1 heterocycles.